The van der Waals surface area contributed by atoms with Crippen LogP contribution in [-0.2, 0) is 4.79 Å². The number of carbonyl (C=O) groups excluding carboxylic acids is 1. The molecular weight excluding hydrogens is 591 g/mol. The molecule has 2 aromatic carbocycles. The zero-order chi connectivity index (χ0) is 21.0. The van der Waals surface area contributed by atoms with Crippen molar-refractivity contribution >= 4 is 71.5 Å². The van der Waals surface area contributed by atoms with Crippen molar-refractivity contribution in [3.05, 3.63) is 72.2 Å². The average Bonchev–Trinajstić information content (AvgIpc) is 3.12. The fourth-order valence-corrected chi connectivity index (χ4v) is 5.00. The van der Waals surface area contributed by atoms with Crippen molar-refractivity contribution < 1.29 is 13.9 Å². The van der Waals surface area contributed by atoms with Crippen molar-refractivity contribution in [3.63, 3.8) is 0 Å². The molecule has 0 spiro atoms. The van der Waals surface area contributed by atoms with Gasteiger partial charge < -0.3 is 9.15 Å². The maximum Gasteiger partial charge on any atom is 0.277 e. The number of nitrogens with one attached hydrogen (secondary N) is 1. The van der Waals surface area contributed by atoms with Crippen LogP contribution in [-0.4, -0.2) is 18.7 Å². The van der Waals surface area contributed by atoms with E-state index in [1.54, 1.807) is 6.07 Å². The van der Waals surface area contributed by atoms with Gasteiger partial charge in [0.25, 0.3) is 5.91 Å². The van der Waals surface area contributed by atoms with E-state index in [1.807, 2.05) is 43.3 Å². The number of hydrogen-bond donors (Lipinski definition) is 1. The summed E-state index contributed by atoms with van der Waals surface area (Å²) in [5, 5.41) is 4.57. The Hall–Kier alpha value is -1.61. The first-order valence-electron chi connectivity index (χ1n) is 8.29. The second kappa shape index (κ2) is 9.93. The Kier molecular flexibility index (Phi) is 7.56. The molecule has 0 bridgehead atoms. The van der Waals surface area contributed by atoms with E-state index in [0.717, 1.165) is 24.5 Å². The number of benzene rings is 2. The topological polar surface area (TPSA) is 63.8 Å². The number of nitrogens with zero attached hydrogens (tertiary/aromatic N) is 1. The van der Waals surface area contributed by atoms with Gasteiger partial charge in [-0.15, -0.1) is 0 Å². The fourth-order valence-electron chi connectivity index (χ4n) is 2.33. The number of aryl methyl sites for hydroxylation is 1. The summed E-state index contributed by atoms with van der Waals surface area (Å²) < 4.78 is 13.6. The molecule has 3 aromatic rings. The monoisotopic (exact) mass is 602 g/mol. The largest absolute Gasteiger partial charge is 0.481 e. The molecule has 0 fully saturated rings. The Morgan fingerprint density at radius 2 is 1.90 bits per heavy atom. The summed E-state index contributed by atoms with van der Waals surface area (Å²) >= 11 is 16.3. The molecule has 1 heterocycles. The van der Waals surface area contributed by atoms with Gasteiger partial charge >= 0.3 is 0 Å². The zero-order valence-electron chi connectivity index (χ0n) is 15.0. The number of hydrazone groups is 1. The summed E-state index contributed by atoms with van der Waals surface area (Å²) in [5.74, 6) is 1.28. The van der Waals surface area contributed by atoms with Crippen molar-refractivity contribution in [2.75, 3.05) is 6.61 Å². The van der Waals surface area contributed by atoms with Crippen LogP contribution < -0.4 is 10.2 Å². The van der Waals surface area contributed by atoms with Gasteiger partial charge in [0, 0.05) is 15.1 Å². The average molecular weight is 606 g/mol. The molecule has 1 N–H and O–H groups in total. The lowest BCUT2D eigenvalue weighted by atomic mass is 10.1. The maximum atomic E-state index is 12.0. The first-order valence-corrected chi connectivity index (χ1v) is 11.0. The molecule has 0 saturated carbocycles. The van der Waals surface area contributed by atoms with Crippen LogP contribution in [0.1, 0.15) is 11.3 Å². The molecule has 0 aliphatic heterocycles. The van der Waals surface area contributed by atoms with Crippen molar-refractivity contribution in [2.24, 2.45) is 5.10 Å². The van der Waals surface area contributed by atoms with E-state index in [1.165, 1.54) is 6.21 Å². The van der Waals surface area contributed by atoms with E-state index in [0.29, 0.717) is 22.3 Å². The molecule has 0 unspecified atom stereocenters. The van der Waals surface area contributed by atoms with Gasteiger partial charge in [-0.3, -0.25) is 4.79 Å². The van der Waals surface area contributed by atoms with Gasteiger partial charge in [0.1, 0.15) is 17.3 Å². The van der Waals surface area contributed by atoms with Crippen molar-refractivity contribution in [1.82, 2.24) is 5.43 Å². The lowest BCUT2D eigenvalue weighted by molar-refractivity contribution is -0.123. The summed E-state index contributed by atoms with van der Waals surface area (Å²) in [6.07, 6.45) is 1.42. The fraction of sp³-hybridized carbons (Fsp3) is 0.100. The van der Waals surface area contributed by atoms with Gasteiger partial charge in [-0.25, -0.2) is 5.43 Å². The van der Waals surface area contributed by atoms with Gasteiger partial charge in [-0.05, 0) is 74.7 Å². The van der Waals surface area contributed by atoms with Gasteiger partial charge in [0.05, 0.1) is 15.2 Å². The van der Waals surface area contributed by atoms with Crippen LogP contribution in [0.5, 0.6) is 5.75 Å². The lowest BCUT2D eigenvalue weighted by Crippen LogP contribution is -2.24. The Labute approximate surface area is 197 Å². The van der Waals surface area contributed by atoms with Crippen LogP contribution in [0.2, 0.25) is 5.02 Å². The molecule has 1 aromatic heterocycles. The number of amides is 1. The van der Waals surface area contributed by atoms with Gasteiger partial charge in [-0.1, -0.05) is 39.7 Å². The molecule has 0 radical (unpaired) electrons. The standard InChI is InChI=1S/C20H14Br3ClN2O3/c1-11-2-3-12(6-17(11)24)18-5-4-14(29-18)9-25-26-19(27)10-28-20-15(22)7-13(21)8-16(20)23/h2-9H,10H2,1H3,(H,26,27)/b25-9+. The SMILES string of the molecule is Cc1ccc(-c2ccc(/C=N/NC(=O)COc3c(Br)cc(Br)cc3Br)o2)cc1Cl. The third-order valence-corrected chi connectivity index (χ3v) is 5.82. The molecule has 0 aliphatic carbocycles. The van der Waals surface area contributed by atoms with Crippen LogP contribution in [0.15, 0.2) is 65.4 Å². The highest BCUT2D eigenvalue weighted by Gasteiger charge is 2.10. The highest BCUT2D eigenvalue weighted by atomic mass is 79.9. The minimum absolute atomic E-state index is 0.193. The summed E-state index contributed by atoms with van der Waals surface area (Å²) in [4.78, 5) is 12.0. The molecule has 1 amide bonds. The number of furan rings is 1. The molecule has 3 rings (SSSR count). The van der Waals surface area contributed by atoms with Crippen molar-refractivity contribution in [2.45, 2.75) is 6.92 Å². The van der Waals surface area contributed by atoms with E-state index in [2.05, 4.69) is 58.3 Å². The number of rotatable bonds is 6. The maximum absolute atomic E-state index is 12.0. The van der Waals surface area contributed by atoms with Gasteiger partial charge in [0.2, 0.25) is 0 Å². The molecular formula is C20H14Br3ClN2O3. The van der Waals surface area contributed by atoms with Crippen LogP contribution in [0.3, 0.4) is 0 Å². The third-order valence-electron chi connectivity index (χ3n) is 3.77. The van der Waals surface area contributed by atoms with Crippen molar-refractivity contribution in [1.29, 1.82) is 0 Å². The molecule has 0 saturated heterocycles. The van der Waals surface area contributed by atoms with E-state index >= 15 is 0 Å². The van der Waals surface area contributed by atoms with E-state index in [-0.39, 0.29) is 6.61 Å². The molecule has 29 heavy (non-hydrogen) atoms. The summed E-state index contributed by atoms with van der Waals surface area (Å²) in [6, 6.07) is 12.9. The molecule has 9 heteroatoms. The third kappa shape index (κ3) is 5.94. The quantitative estimate of drug-likeness (QED) is 0.251. The first-order chi connectivity index (χ1) is 13.8. The minimum Gasteiger partial charge on any atom is -0.481 e. The number of carbonyl (C=O) groups is 1. The lowest BCUT2D eigenvalue weighted by Gasteiger charge is -2.09. The second-order valence-corrected chi connectivity index (χ2v) is 8.98. The number of ether oxygens (including phenoxy) is 1. The Morgan fingerprint density at radius 1 is 1.17 bits per heavy atom. The number of hydrogen-bond acceptors (Lipinski definition) is 4. The van der Waals surface area contributed by atoms with Crippen LogP contribution >= 0.6 is 59.4 Å². The highest BCUT2D eigenvalue weighted by Crippen LogP contribution is 2.36. The normalized spacial score (nSPS) is 11.1. The number of halogens is 4. The smallest absolute Gasteiger partial charge is 0.277 e. The first kappa shape index (κ1) is 22.1. The van der Waals surface area contributed by atoms with Crippen LogP contribution in [0.4, 0.5) is 0 Å². The van der Waals surface area contributed by atoms with Crippen molar-refractivity contribution in [3.8, 4) is 17.1 Å². The summed E-state index contributed by atoms with van der Waals surface area (Å²) in [5.41, 5.74) is 4.26. The van der Waals surface area contributed by atoms with Gasteiger partial charge in [-0.2, -0.15) is 5.10 Å². The predicted octanol–water partition coefficient (Wildman–Crippen LogP) is 6.73. The van der Waals surface area contributed by atoms with E-state index < -0.39 is 5.91 Å². The molecule has 0 atom stereocenters. The molecule has 5 nitrogen and oxygen atoms in total. The van der Waals surface area contributed by atoms with Crippen LogP contribution in [0, 0.1) is 6.92 Å². The summed E-state index contributed by atoms with van der Waals surface area (Å²) in [7, 11) is 0. The second-order valence-electron chi connectivity index (χ2n) is 5.95. The minimum atomic E-state index is -0.403. The molecule has 0 aliphatic rings. The zero-order valence-corrected chi connectivity index (χ0v) is 20.5. The summed E-state index contributed by atoms with van der Waals surface area (Å²) in [6.45, 7) is 1.74. The molecule has 150 valence electrons. The Bertz CT molecular complexity index is 1060. The Balaban J connectivity index is 1.56. The highest BCUT2D eigenvalue weighted by molar-refractivity contribution is 9.11. The van der Waals surface area contributed by atoms with E-state index in [9.17, 15) is 4.79 Å². The predicted molar refractivity (Wildman–Crippen MR) is 125 cm³/mol. The van der Waals surface area contributed by atoms with Crippen LogP contribution in [0.25, 0.3) is 11.3 Å². The van der Waals surface area contributed by atoms with E-state index in [4.69, 9.17) is 20.8 Å². The Morgan fingerprint density at radius 3 is 2.59 bits per heavy atom. The van der Waals surface area contributed by atoms with Gasteiger partial charge in [0.15, 0.2) is 6.61 Å².